The first-order valence-electron chi connectivity index (χ1n) is 0.494. The van der Waals surface area contributed by atoms with Gasteiger partial charge in [-0.15, -0.1) is 0 Å². The predicted octanol–water partition coefficient (Wildman–Crippen LogP) is -0.302. The van der Waals surface area contributed by atoms with E-state index < -0.39 is 0 Å². The maximum absolute atomic E-state index is 8.36. The van der Waals surface area contributed by atoms with Gasteiger partial charge in [0.05, 0.1) is 0 Å². The zero-order valence-electron chi connectivity index (χ0n) is 1.75. The van der Waals surface area contributed by atoms with Gasteiger partial charge in [-0.05, 0) is 0 Å². The molecule has 0 aromatic heterocycles. The van der Waals surface area contributed by atoms with Crippen LogP contribution in [-0.2, 0) is 25.9 Å². The molecule has 2 nitrogen and oxygen atoms in total. The second kappa shape index (κ2) is 11.0. The first-order valence-corrected chi connectivity index (χ1v) is 0.494. The molecule has 28 valence electrons. The Labute approximate surface area is 38.1 Å². The van der Waals surface area contributed by atoms with Gasteiger partial charge in [0.2, 0.25) is 0 Å². The van der Waals surface area contributed by atoms with Gasteiger partial charge in [-0.3, -0.25) is 4.79 Å². The minimum absolute atomic E-state index is 0. The smallest absolute Gasteiger partial charge is 0.290 e. The third kappa shape index (κ3) is 116. The van der Waals surface area contributed by atoms with E-state index in [1.165, 1.54) is 0 Å². The van der Waals surface area contributed by atoms with Gasteiger partial charge in [0.25, 0.3) is 6.47 Å². The van der Waals surface area contributed by atoms with Crippen molar-refractivity contribution in [2.24, 2.45) is 0 Å². The Hall–Kier alpha value is 0.158. The molecule has 0 amide bonds. The molecule has 0 aliphatic rings. The normalized spacial score (nSPS) is 3.00. The van der Waals surface area contributed by atoms with E-state index >= 15 is 0 Å². The SMILES string of the molecule is O=CO.[Pt]. The van der Waals surface area contributed by atoms with Crippen molar-refractivity contribution in [2.75, 3.05) is 0 Å². The van der Waals surface area contributed by atoms with E-state index in [1.54, 1.807) is 0 Å². The molecule has 0 rings (SSSR count). The third-order valence-corrected chi connectivity index (χ3v) is 0. The van der Waals surface area contributed by atoms with Crippen LogP contribution in [0.3, 0.4) is 0 Å². The zero-order valence-corrected chi connectivity index (χ0v) is 4.02. The summed E-state index contributed by atoms with van der Waals surface area (Å²) in [6, 6.07) is 0. The van der Waals surface area contributed by atoms with E-state index in [-0.39, 0.29) is 27.5 Å². The minimum atomic E-state index is -0.250. The van der Waals surface area contributed by atoms with E-state index in [2.05, 4.69) is 0 Å². The van der Waals surface area contributed by atoms with Crippen molar-refractivity contribution in [2.45, 2.75) is 0 Å². The zero-order chi connectivity index (χ0) is 2.71. The van der Waals surface area contributed by atoms with Crippen LogP contribution in [0.5, 0.6) is 0 Å². The van der Waals surface area contributed by atoms with E-state index in [1.807, 2.05) is 0 Å². The Bertz CT molecular complexity index is 13.5. The van der Waals surface area contributed by atoms with Crippen molar-refractivity contribution < 1.29 is 31.0 Å². The van der Waals surface area contributed by atoms with Crippen LogP contribution in [0.2, 0.25) is 0 Å². The van der Waals surface area contributed by atoms with E-state index in [9.17, 15) is 0 Å². The van der Waals surface area contributed by atoms with Crippen LogP contribution in [0.25, 0.3) is 0 Å². The van der Waals surface area contributed by atoms with Crippen LogP contribution in [0.15, 0.2) is 0 Å². The summed E-state index contributed by atoms with van der Waals surface area (Å²) in [7, 11) is 0. The van der Waals surface area contributed by atoms with Gasteiger partial charge >= 0.3 is 0 Å². The summed E-state index contributed by atoms with van der Waals surface area (Å²) in [6.07, 6.45) is 0. The van der Waals surface area contributed by atoms with Crippen molar-refractivity contribution >= 4 is 6.47 Å². The van der Waals surface area contributed by atoms with Gasteiger partial charge < -0.3 is 5.11 Å². The summed E-state index contributed by atoms with van der Waals surface area (Å²) in [5.41, 5.74) is 0. The van der Waals surface area contributed by atoms with E-state index in [4.69, 9.17) is 9.90 Å². The summed E-state index contributed by atoms with van der Waals surface area (Å²) in [4.78, 5) is 8.36. The van der Waals surface area contributed by atoms with Gasteiger partial charge in [-0.1, -0.05) is 0 Å². The fourth-order valence-electron chi connectivity index (χ4n) is 0. The Balaban J connectivity index is 0. The van der Waals surface area contributed by atoms with Gasteiger partial charge in [0.1, 0.15) is 0 Å². The molecular weight excluding hydrogens is 239 g/mol. The summed E-state index contributed by atoms with van der Waals surface area (Å²) >= 11 is 0. The monoisotopic (exact) mass is 241 g/mol. The Morgan fingerprint density at radius 2 is 1.75 bits per heavy atom. The molecule has 0 unspecified atom stereocenters. The average molecular weight is 241 g/mol. The molecule has 1 N–H and O–H groups in total. The van der Waals surface area contributed by atoms with E-state index in [0.29, 0.717) is 0 Å². The van der Waals surface area contributed by atoms with Crippen LogP contribution < -0.4 is 0 Å². The van der Waals surface area contributed by atoms with Crippen molar-refractivity contribution in [3.05, 3.63) is 0 Å². The second-order valence-corrected chi connectivity index (χ2v) is 0.105. The topological polar surface area (TPSA) is 37.3 Å². The number of carboxylic acid groups (broad SMARTS) is 1. The molecule has 0 saturated heterocycles. The molecule has 0 aliphatic carbocycles. The van der Waals surface area contributed by atoms with Gasteiger partial charge in [0.15, 0.2) is 0 Å². The fraction of sp³-hybridized carbons (Fsp3) is 0. The van der Waals surface area contributed by atoms with E-state index in [0.717, 1.165) is 0 Å². The summed E-state index contributed by atoms with van der Waals surface area (Å²) in [6.45, 7) is -0.250. The Morgan fingerprint density at radius 3 is 1.75 bits per heavy atom. The first-order chi connectivity index (χ1) is 1.41. The van der Waals surface area contributed by atoms with Crippen molar-refractivity contribution in [3.8, 4) is 0 Å². The van der Waals surface area contributed by atoms with Crippen molar-refractivity contribution in [1.29, 1.82) is 0 Å². The van der Waals surface area contributed by atoms with Crippen LogP contribution in [-0.4, -0.2) is 11.6 Å². The number of carbonyl (C=O) groups is 1. The van der Waals surface area contributed by atoms with Crippen LogP contribution in [0, 0.1) is 0 Å². The first kappa shape index (κ1) is 8.90. The average Bonchev–Trinajstić information content (AvgIpc) is 0.918. The second-order valence-electron chi connectivity index (χ2n) is 0.105. The maximum Gasteiger partial charge on any atom is 0.290 e. The van der Waals surface area contributed by atoms with Gasteiger partial charge in [-0.2, -0.15) is 0 Å². The van der Waals surface area contributed by atoms with Gasteiger partial charge in [-0.25, -0.2) is 0 Å². The molecule has 0 saturated carbocycles. The largest absolute Gasteiger partial charge is 0.483 e. The van der Waals surface area contributed by atoms with Crippen molar-refractivity contribution in [1.82, 2.24) is 0 Å². The number of rotatable bonds is 0. The quantitative estimate of drug-likeness (QED) is 0.591. The number of hydrogen-bond donors (Lipinski definition) is 1. The predicted molar refractivity (Wildman–Crippen MR) is 8.69 cm³/mol. The maximum atomic E-state index is 8.36. The van der Waals surface area contributed by atoms with Crippen LogP contribution in [0.4, 0.5) is 0 Å². The molecule has 0 bridgehead atoms. The fourth-order valence-corrected chi connectivity index (χ4v) is 0. The molecule has 0 heterocycles. The van der Waals surface area contributed by atoms with Crippen LogP contribution in [0.1, 0.15) is 0 Å². The standard InChI is InChI=1S/CH2O2.Pt/c2-1-3;/h1H,(H,2,3);. The Kier molecular flexibility index (Phi) is 24.4. The molecule has 0 fully saturated rings. The summed E-state index contributed by atoms with van der Waals surface area (Å²) in [5, 5.41) is 6.89. The molecule has 0 spiro atoms. The molecule has 0 aliphatic heterocycles. The Morgan fingerprint density at radius 1 is 1.75 bits per heavy atom. The number of hydrogen-bond acceptors (Lipinski definition) is 1. The van der Waals surface area contributed by atoms with Crippen LogP contribution >= 0.6 is 0 Å². The van der Waals surface area contributed by atoms with Gasteiger partial charge in [0, 0.05) is 21.1 Å². The minimum Gasteiger partial charge on any atom is -0.483 e. The molecule has 0 aromatic carbocycles. The third-order valence-electron chi connectivity index (χ3n) is 0. The molecule has 0 aromatic rings. The molecule has 0 atom stereocenters. The summed E-state index contributed by atoms with van der Waals surface area (Å²) in [5.74, 6) is 0. The molecule has 4 heavy (non-hydrogen) atoms. The van der Waals surface area contributed by atoms with Crippen molar-refractivity contribution in [3.63, 3.8) is 0 Å². The molecule has 0 radical (unpaired) electrons. The molecule has 3 heteroatoms. The molecular formula is CH2O2Pt. The summed E-state index contributed by atoms with van der Waals surface area (Å²) < 4.78 is 0.